The first-order valence-corrected chi connectivity index (χ1v) is 6.05. The molecule has 0 spiro atoms. The summed E-state index contributed by atoms with van der Waals surface area (Å²) in [6.07, 6.45) is 1.81. The van der Waals surface area contributed by atoms with E-state index in [1.54, 1.807) is 0 Å². The van der Waals surface area contributed by atoms with E-state index in [4.69, 9.17) is 0 Å². The predicted octanol–water partition coefficient (Wildman–Crippen LogP) is 2.97. The molecule has 2 rings (SSSR count). The van der Waals surface area contributed by atoms with Crippen LogP contribution in [0.1, 0.15) is 0 Å². The lowest BCUT2D eigenvalue weighted by Gasteiger charge is -1.92. The van der Waals surface area contributed by atoms with E-state index in [1.807, 2.05) is 18.3 Å². The van der Waals surface area contributed by atoms with Crippen LogP contribution in [-0.2, 0) is 0 Å². The Balaban J connectivity index is 2.41. The third-order valence-electron chi connectivity index (χ3n) is 1.35. The summed E-state index contributed by atoms with van der Waals surface area (Å²) in [5, 5.41) is 8.67. The zero-order chi connectivity index (χ0) is 9.26. The maximum Gasteiger partial charge on any atom is 0.183 e. The van der Waals surface area contributed by atoms with Gasteiger partial charge < -0.3 is 0 Å². The van der Waals surface area contributed by atoms with E-state index in [-0.39, 0.29) is 0 Å². The molecule has 0 fully saturated rings. The topological polar surface area (TPSA) is 38.7 Å². The molecule has 0 aromatic carbocycles. The molecule has 0 aliphatic carbocycles. The molecule has 2 aromatic rings. The van der Waals surface area contributed by atoms with Crippen LogP contribution < -0.4 is 0 Å². The Hall–Kier alpha value is -0.0800. The summed E-state index contributed by atoms with van der Waals surface area (Å²) in [5.41, 5.74) is 0.864. The Morgan fingerprint density at radius 1 is 1.31 bits per heavy atom. The van der Waals surface area contributed by atoms with Gasteiger partial charge in [0, 0.05) is 9.77 Å². The summed E-state index contributed by atoms with van der Waals surface area (Å²) in [4.78, 5) is 4.24. The van der Waals surface area contributed by atoms with Gasteiger partial charge in [-0.25, -0.2) is 0 Å². The molecule has 0 aliphatic rings. The van der Waals surface area contributed by atoms with E-state index in [0.29, 0.717) is 0 Å². The maximum atomic E-state index is 4.24. The van der Waals surface area contributed by atoms with Gasteiger partial charge in [0.2, 0.25) is 0 Å². The highest BCUT2D eigenvalue weighted by Crippen LogP contribution is 2.24. The molecule has 0 unspecified atom stereocenters. The van der Waals surface area contributed by atoms with Crippen LogP contribution in [0.4, 0.5) is 0 Å². The standard InChI is InChI=1S/C7H3BrIN3S/c8-7-12-11-6(13-7)5-2-1-4(9)3-10-5/h1-3H. The second kappa shape index (κ2) is 3.97. The van der Waals surface area contributed by atoms with Crippen LogP contribution in [0.3, 0.4) is 0 Å². The summed E-state index contributed by atoms with van der Waals surface area (Å²) in [6, 6.07) is 3.94. The van der Waals surface area contributed by atoms with Crippen molar-refractivity contribution in [2.24, 2.45) is 0 Å². The Kier molecular flexibility index (Phi) is 2.89. The van der Waals surface area contributed by atoms with Gasteiger partial charge in [-0.1, -0.05) is 11.3 Å². The lowest BCUT2D eigenvalue weighted by atomic mass is 10.4. The Labute approximate surface area is 101 Å². The SMILES string of the molecule is Brc1nnc(-c2ccc(I)cn2)s1. The van der Waals surface area contributed by atoms with Crippen LogP contribution in [0.2, 0.25) is 0 Å². The van der Waals surface area contributed by atoms with Crippen molar-refractivity contribution in [1.82, 2.24) is 15.2 Å². The van der Waals surface area contributed by atoms with Crippen molar-refractivity contribution in [3.8, 4) is 10.7 Å². The minimum atomic E-state index is 0.780. The van der Waals surface area contributed by atoms with Crippen molar-refractivity contribution in [2.75, 3.05) is 0 Å². The highest BCUT2D eigenvalue weighted by atomic mass is 127. The number of aromatic nitrogens is 3. The first-order valence-electron chi connectivity index (χ1n) is 3.36. The normalized spacial score (nSPS) is 10.3. The third-order valence-corrected chi connectivity index (χ3v) is 3.36. The van der Waals surface area contributed by atoms with Gasteiger partial charge in [0.25, 0.3) is 0 Å². The number of rotatable bonds is 1. The fourth-order valence-corrected chi connectivity index (χ4v) is 2.22. The number of nitrogens with zero attached hydrogens (tertiary/aromatic N) is 3. The van der Waals surface area contributed by atoms with E-state index < -0.39 is 0 Å². The first-order chi connectivity index (χ1) is 6.25. The smallest absolute Gasteiger partial charge is 0.183 e. The molecule has 6 heteroatoms. The van der Waals surface area contributed by atoms with Crippen molar-refractivity contribution in [3.05, 3.63) is 25.8 Å². The van der Waals surface area contributed by atoms with E-state index in [1.165, 1.54) is 11.3 Å². The van der Waals surface area contributed by atoms with Gasteiger partial charge in [-0.15, -0.1) is 10.2 Å². The summed E-state index contributed by atoms with van der Waals surface area (Å²) >= 11 is 6.95. The average Bonchev–Trinajstić information content (AvgIpc) is 2.53. The number of hydrogen-bond donors (Lipinski definition) is 0. The lowest BCUT2D eigenvalue weighted by molar-refractivity contribution is 1.07. The monoisotopic (exact) mass is 367 g/mol. The third kappa shape index (κ3) is 2.23. The highest BCUT2D eigenvalue weighted by Gasteiger charge is 2.04. The molecular weight excluding hydrogens is 365 g/mol. The highest BCUT2D eigenvalue weighted by molar-refractivity contribution is 14.1. The van der Waals surface area contributed by atoms with Crippen molar-refractivity contribution in [2.45, 2.75) is 0 Å². The van der Waals surface area contributed by atoms with Gasteiger partial charge in [0.1, 0.15) is 5.69 Å². The number of pyridine rings is 1. The van der Waals surface area contributed by atoms with Gasteiger partial charge in [0.15, 0.2) is 8.92 Å². The summed E-state index contributed by atoms with van der Waals surface area (Å²) in [5.74, 6) is 0. The molecule has 3 nitrogen and oxygen atoms in total. The van der Waals surface area contributed by atoms with Gasteiger partial charge >= 0.3 is 0 Å². The van der Waals surface area contributed by atoms with Gasteiger partial charge in [-0.05, 0) is 50.7 Å². The van der Waals surface area contributed by atoms with E-state index >= 15 is 0 Å². The molecule has 0 radical (unpaired) electrons. The van der Waals surface area contributed by atoms with Gasteiger partial charge in [0.05, 0.1) is 0 Å². The van der Waals surface area contributed by atoms with E-state index in [9.17, 15) is 0 Å². The molecule has 0 bridgehead atoms. The molecule has 0 saturated carbocycles. The Morgan fingerprint density at radius 2 is 2.15 bits per heavy atom. The first kappa shape index (κ1) is 9.47. The number of hydrogen-bond acceptors (Lipinski definition) is 4. The van der Waals surface area contributed by atoms with Crippen molar-refractivity contribution in [1.29, 1.82) is 0 Å². The van der Waals surface area contributed by atoms with Crippen molar-refractivity contribution < 1.29 is 0 Å². The maximum absolute atomic E-state index is 4.24. The van der Waals surface area contributed by atoms with Crippen molar-refractivity contribution >= 4 is 49.9 Å². The largest absolute Gasteiger partial charge is 0.253 e. The van der Waals surface area contributed by atoms with Gasteiger partial charge in [-0.2, -0.15) is 0 Å². The number of halogens is 2. The molecule has 2 heterocycles. The van der Waals surface area contributed by atoms with Gasteiger partial charge in [-0.3, -0.25) is 4.98 Å². The molecule has 0 saturated heterocycles. The van der Waals surface area contributed by atoms with Crippen LogP contribution in [0, 0.1) is 3.57 Å². The summed E-state index contributed by atoms with van der Waals surface area (Å²) in [7, 11) is 0. The predicted molar refractivity (Wildman–Crippen MR) is 63.6 cm³/mol. The molecule has 0 atom stereocenters. The molecule has 66 valence electrons. The minimum absolute atomic E-state index is 0.780. The lowest BCUT2D eigenvalue weighted by Crippen LogP contribution is -1.82. The van der Waals surface area contributed by atoms with E-state index in [0.717, 1.165) is 18.2 Å². The molecule has 0 N–H and O–H groups in total. The molecular formula is C7H3BrIN3S. The minimum Gasteiger partial charge on any atom is -0.253 e. The van der Waals surface area contributed by atoms with E-state index in [2.05, 4.69) is 53.7 Å². The Bertz CT molecular complexity index is 414. The second-order valence-electron chi connectivity index (χ2n) is 2.22. The zero-order valence-electron chi connectivity index (χ0n) is 6.24. The summed E-state index contributed by atoms with van der Waals surface area (Å²) in [6.45, 7) is 0. The molecule has 2 aromatic heterocycles. The molecule has 0 amide bonds. The summed E-state index contributed by atoms with van der Waals surface area (Å²) < 4.78 is 1.90. The molecule has 13 heavy (non-hydrogen) atoms. The Morgan fingerprint density at radius 3 is 2.69 bits per heavy atom. The fourth-order valence-electron chi connectivity index (χ4n) is 0.811. The average molecular weight is 368 g/mol. The van der Waals surface area contributed by atoms with Crippen LogP contribution >= 0.6 is 49.9 Å². The second-order valence-corrected chi connectivity index (χ2v) is 5.72. The van der Waals surface area contributed by atoms with Crippen LogP contribution in [-0.4, -0.2) is 15.2 Å². The van der Waals surface area contributed by atoms with Crippen LogP contribution in [0.25, 0.3) is 10.7 Å². The van der Waals surface area contributed by atoms with Crippen molar-refractivity contribution in [3.63, 3.8) is 0 Å². The fraction of sp³-hybridized carbons (Fsp3) is 0. The van der Waals surface area contributed by atoms with Crippen LogP contribution in [0.5, 0.6) is 0 Å². The quantitative estimate of drug-likeness (QED) is 0.727. The zero-order valence-corrected chi connectivity index (χ0v) is 10.8. The molecule has 0 aliphatic heterocycles. The van der Waals surface area contributed by atoms with Crippen LogP contribution in [0.15, 0.2) is 22.2 Å².